The van der Waals surface area contributed by atoms with Crippen molar-refractivity contribution in [2.45, 2.75) is 9.96 Å². The van der Waals surface area contributed by atoms with Crippen LogP contribution in [0, 0.1) is 0 Å². The number of fused-ring (bicyclic) bond motifs is 1. The molecule has 2 N–H and O–H groups in total. The van der Waals surface area contributed by atoms with Gasteiger partial charge in [0.2, 0.25) is 18.4 Å². The molecule has 0 unspecified atom stereocenters. The lowest BCUT2D eigenvalue weighted by atomic mass is 10.1. The molecule has 0 radical (unpaired) electrons. The first kappa shape index (κ1) is 17.3. The largest absolute Gasteiger partial charge is 0.492 e. The number of hydrogen-bond acceptors (Lipinski definition) is 7. The van der Waals surface area contributed by atoms with Crippen LogP contribution >= 0.6 is 11.3 Å². The Morgan fingerprint density at radius 3 is 2.88 bits per heavy atom. The average molecular weight is 381 g/mol. The number of primary amides is 1. The molecule has 7 nitrogen and oxygen atoms in total. The lowest BCUT2D eigenvalue weighted by Crippen LogP contribution is -2.07. The van der Waals surface area contributed by atoms with Gasteiger partial charge in [0.05, 0.1) is 12.9 Å². The monoisotopic (exact) mass is 381 g/mol. The van der Waals surface area contributed by atoms with Crippen LogP contribution in [-0.2, 0) is 20.4 Å². The highest BCUT2D eigenvalue weighted by molar-refractivity contribution is 7.92. The van der Waals surface area contributed by atoms with Gasteiger partial charge in [0.25, 0.3) is 0 Å². The molecule has 0 bridgehead atoms. The summed E-state index contributed by atoms with van der Waals surface area (Å²) in [5.74, 6) is 0.114. The fourth-order valence-corrected chi connectivity index (χ4v) is 4.92. The second-order valence-corrected chi connectivity index (χ2v) is 8.31. The van der Waals surface area contributed by atoms with Crippen LogP contribution in [0.15, 0.2) is 33.9 Å². The predicted octanol–water partition coefficient (Wildman–Crippen LogP) is 1.96. The van der Waals surface area contributed by atoms with Gasteiger partial charge in [-0.25, -0.2) is 8.42 Å². The number of sulfone groups is 1. The van der Waals surface area contributed by atoms with E-state index in [2.05, 4.69) is 0 Å². The van der Waals surface area contributed by atoms with Crippen molar-refractivity contribution in [1.82, 2.24) is 0 Å². The molecular formula is C16H15NO6S2. The van der Waals surface area contributed by atoms with E-state index in [4.69, 9.17) is 19.9 Å². The van der Waals surface area contributed by atoms with Crippen molar-refractivity contribution in [1.29, 1.82) is 0 Å². The Balaban J connectivity index is 2.13. The van der Waals surface area contributed by atoms with Crippen LogP contribution in [0.5, 0.6) is 17.2 Å². The SMILES string of the molecule is COc1c(/C=C/C(N)=O)c(CS(=O)(=O)c2cccs2)cc2c1OCO2. The molecule has 25 heavy (non-hydrogen) atoms. The van der Waals surface area contributed by atoms with Crippen molar-refractivity contribution < 1.29 is 27.4 Å². The predicted molar refractivity (Wildman–Crippen MR) is 92.6 cm³/mol. The van der Waals surface area contributed by atoms with Gasteiger partial charge in [-0.15, -0.1) is 11.3 Å². The van der Waals surface area contributed by atoms with Crippen LogP contribution in [0.2, 0.25) is 0 Å². The standard InChI is InChI=1S/C16H15NO6S2/c1-21-15-11(4-5-13(17)18)10(7-12-16(15)23-9-22-12)8-25(19,20)14-3-2-6-24-14/h2-7H,8-9H2,1H3,(H2,17,18)/b5-4+. The maximum atomic E-state index is 12.6. The normalized spacial score (nSPS) is 13.3. The Hall–Kier alpha value is -2.52. The van der Waals surface area contributed by atoms with E-state index < -0.39 is 15.7 Å². The number of rotatable bonds is 6. The third kappa shape index (κ3) is 3.47. The van der Waals surface area contributed by atoms with E-state index >= 15 is 0 Å². The van der Waals surface area contributed by atoms with Crippen molar-refractivity contribution in [3.05, 3.63) is 40.8 Å². The second-order valence-electron chi connectivity index (χ2n) is 5.14. The summed E-state index contributed by atoms with van der Waals surface area (Å²) in [6.07, 6.45) is 2.56. The number of amides is 1. The summed E-state index contributed by atoms with van der Waals surface area (Å²) >= 11 is 1.14. The zero-order valence-electron chi connectivity index (χ0n) is 13.2. The summed E-state index contributed by atoms with van der Waals surface area (Å²) in [6.45, 7) is 0.00575. The van der Waals surface area contributed by atoms with Gasteiger partial charge in [-0.2, -0.15) is 0 Å². The first-order valence-electron chi connectivity index (χ1n) is 7.15. The van der Waals surface area contributed by atoms with Gasteiger partial charge in [0.15, 0.2) is 21.3 Å². The summed E-state index contributed by atoms with van der Waals surface area (Å²) in [6, 6.07) is 4.80. The molecule has 0 saturated carbocycles. The van der Waals surface area contributed by atoms with E-state index in [1.54, 1.807) is 23.6 Å². The molecule has 0 spiro atoms. The molecule has 1 aromatic heterocycles. The Morgan fingerprint density at radius 1 is 1.44 bits per heavy atom. The van der Waals surface area contributed by atoms with Crippen molar-refractivity contribution in [3.8, 4) is 17.2 Å². The smallest absolute Gasteiger partial charge is 0.241 e. The molecule has 0 saturated heterocycles. The van der Waals surface area contributed by atoms with Gasteiger partial charge in [0, 0.05) is 11.6 Å². The van der Waals surface area contributed by atoms with Gasteiger partial charge >= 0.3 is 0 Å². The average Bonchev–Trinajstić information content (AvgIpc) is 3.23. The summed E-state index contributed by atoms with van der Waals surface area (Å²) in [4.78, 5) is 11.1. The first-order chi connectivity index (χ1) is 11.9. The van der Waals surface area contributed by atoms with Gasteiger partial charge < -0.3 is 19.9 Å². The number of benzene rings is 1. The minimum Gasteiger partial charge on any atom is -0.492 e. The topological polar surface area (TPSA) is 105 Å². The van der Waals surface area contributed by atoms with E-state index in [0.29, 0.717) is 28.4 Å². The van der Waals surface area contributed by atoms with Gasteiger partial charge in [0.1, 0.15) is 4.21 Å². The van der Waals surface area contributed by atoms with Crippen LogP contribution in [0.1, 0.15) is 11.1 Å². The Morgan fingerprint density at radius 2 is 2.24 bits per heavy atom. The number of nitrogens with two attached hydrogens (primary N) is 1. The Labute approximate surface area is 148 Å². The fraction of sp³-hybridized carbons (Fsp3) is 0.188. The number of carbonyl (C=O) groups is 1. The minimum atomic E-state index is -3.56. The molecule has 9 heteroatoms. The Kier molecular flexibility index (Phi) is 4.69. The lowest BCUT2D eigenvalue weighted by molar-refractivity contribution is -0.113. The van der Waals surface area contributed by atoms with Crippen molar-refractivity contribution >= 4 is 33.2 Å². The molecule has 2 heterocycles. The highest BCUT2D eigenvalue weighted by atomic mass is 32.2. The van der Waals surface area contributed by atoms with Crippen LogP contribution < -0.4 is 19.9 Å². The number of hydrogen-bond donors (Lipinski definition) is 1. The molecule has 1 aromatic carbocycles. The number of thiophene rings is 1. The van der Waals surface area contributed by atoms with Crippen molar-refractivity contribution in [2.75, 3.05) is 13.9 Å². The molecule has 1 amide bonds. The first-order valence-corrected chi connectivity index (χ1v) is 9.69. The summed E-state index contributed by atoms with van der Waals surface area (Å²) < 4.78 is 41.6. The molecular weight excluding hydrogens is 366 g/mol. The maximum Gasteiger partial charge on any atom is 0.241 e. The zero-order valence-corrected chi connectivity index (χ0v) is 14.9. The minimum absolute atomic E-state index is 0.00575. The van der Waals surface area contributed by atoms with Crippen molar-refractivity contribution in [3.63, 3.8) is 0 Å². The summed E-state index contributed by atoms with van der Waals surface area (Å²) in [5.41, 5.74) is 5.99. The van der Waals surface area contributed by atoms with Crippen molar-refractivity contribution in [2.24, 2.45) is 5.73 Å². The highest BCUT2D eigenvalue weighted by Gasteiger charge is 2.27. The fourth-order valence-electron chi connectivity index (χ4n) is 2.46. The lowest BCUT2D eigenvalue weighted by Gasteiger charge is -2.14. The highest BCUT2D eigenvalue weighted by Crippen LogP contribution is 2.46. The number of ether oxygens (including phenoxy) is 3. The molecule has 132 valence electrons. The zero-order chi connectivity index (χ0) is 18.0. The van der Waals surface area contributed by atoms with E-state index in [1.165, 1.54) is 13.2 Å². The van der Waals surface area contributed by atoms with Crippen LogP contribution in [0.25, 0.3) is 6.08 Å². The molecule has 0 fully saturated rings. The molecule has 0 atom stereocenters. The van der Waals surface area contributed by atoms with Gasteiger partial charge in [-0.05, 0) is 29.2 Å². The third-order valence-electron chi connectivity index (χ3n) is 3.51. The molecule has 1 aliphatic heterocycles. The number of carbonyl (C=O) groups excluding carboxylic acids is 1. The number of methoxy groups -OCH3 is 1. The second kappa shape index (κ2) is 6.77. The molecule has 3 rings (SSSR count). The van der Waals surface area contributed by atoms with E-state index in [0.717, 1.165) is 17.4 Å². The van der Waals surface area contributed by atoms with E-state index in [9.17, 15) is 13.2 Å². The van der Waals surface area contributed by atoms with Crippen LogP contribution in [-0.4, -0.2) is 28.2 Å². The van der Waals surface area contributed by atoms with E-state index in [1.807, 2.05) is 0 Å². The van der Waals surface area contributed by atoms with Gasteiger partial charge in [-0.1, -0.05) is 6.07 Å². The van der Waals surface area contributed by atoms with Crippen LogP contribution in [0.4, 0.5) is 0 Å². The molecule has 2 aromatic rings. The van der Waals surface area contributed by atoms with Crippen LogP contribution in [0.3, 0.4) is 0 Å². The maximum absolute atomic E-state index is 12.6. The molecule has 1 aliphatic rings. The Bertz CT molecular complexity index is 932. The third-order valence-corrected chi connectivity index (χ3v) is 6.66. The summed E-state index contributed by atoms with van der Waals surface area (Å²) in [5, 5.41) is 1.70. The summed E-state index contributed by atoms with van der Waals surface area (Å²) in [7, 11) is -2.13. The van der Waals surface area contributed by atoms with Gasteiger partial charge in [-0.3, -0.25) is 4.79 Å². The quantitative estimate of drug-likeness (QED) is 0.767. The van der Waals surface area contributed by atoms with E-state index in [-0.39, 0.29) is 16.8 Å². The molecule has 0 aliphatic carbocycles.